The minimum atomic E-state index is -4.51. The zero-order chi connectivity index (χ0) is 21.9. The minimum Gasteiger partial charge on any atom is -0.382 e. The Morgan fingerprint density at radius 3 is 2.27 bits per heavy atom. The van der Waals surface area contributed by atoms with Crippen molar-refractivity contribution in [1.29, 1.82) is 0 Å². The van der Waals surface area contributed by atoms with Gasteiger partial charge < -0.3 is 10.1 Å². The fourth-order valence-electron chi connectivity index (χ4n) is 3.24. The van der Waals surface area contributed by atoms with Crippen molar-refractivity contribution in [3.05, 3.63) is 70.8 Å². The van der Waals surface area contributed by atoms with E-state index >= 15 is 0 Å². The van der Waals surface area contributed by atoms with Crippen LogP contribution in [0.5, 0.6) is 0 Å². The van der Waals surface area contributed by atoms with Gasteiger partial charge in [-0.1, -0.05) is 24.3 Å². The molecule has 0 spiro atoms. The van der Waals surface area contributed by atoms with Gasteiger partial charge in [-0.15, -0.1) is 0 Å². The molecule has 1 aliphatic rings. The molecule has 2 aromatic rings. The Kier molecular flexibility index (Phi) is 6.21. The molecule has 1 heterocycles. The van der Waals surface area contributed by atoms with Crippen molar-refractivity contribution >= 4 is 17.7 Å². The summed E-state index contributed by atoms with van der Waals surface area (Å²) >= 11 is 0. The number of halogens is 3. The third-order valence-corrected chi connectivity index (χ3v) is 4.73. The molecule has 1 N–H and O–H groups in total. The fourth-order valence-corrected chi connectivity index (χ4v) is 3.24. The third kappa shape index (κ3) is 4.51. The first kappa shape index (κ1) is 21.5. The number of methoxy groups -OCH3 is 1. The summed E-state index contributed by atoms with van der Waals surface area (Å²) in [7, 11) is 1.37. The van der Waals surface area contributed by atoms with Crippen molar-refractivity contribution < 1.29 is 32.3 Å². The topological polar surface area (TPSA) is 75.7 Å². The predicted octanol–water partition coefficient (Wildman–Crippen LogP) is 3.20. The van der Waals surface area contributed by atoms with Crippen LogP contribution in [-0.2, 0) is 15.7 Å². The number of carbonyl (C=O) groups is 3. The molecule has 0 radical (unpaired) electrons. The quantitative estimate of drug-likeness (QED) is 0.698. The smallest absolute Gasteiger partial charge is 0.382 e. The molecule has 1 unspecified atom stereocenters. The van der Waals surface area contributed by atoms with Crippen LogP contribution >= 0.6 is 0 Å². The molecule has 3 amide bonds. The number of imide groups is 1. The van der Waals surface area contributed by atoms with Crippen LogP contribution in [0.4, 0.5) is 13.2 Å². The summed E-state index contributed by atoms with van der Waals surface area (Å²) in [5, 5.41) is 2.61. The number of nitrogens with one attached hydrogen (secondary N) is 1. The summed E-state index contributed by atoms with van der Waals surface area (Å²) in [6.07, 6.45) is -4.70. The lowest BCUT2D eigenvalue weighted by Gasteiger charge is -2.20. The predicted molar refractivity (Wildman–Crippen MR) is 101 cm³/mol. The third-order valence-electron chi connectivity index (χ3n) is 4.73. The molecule has 0 saturated carbocycles. The highest BCUT2D eigenvalue weighted by molar-refractivity contribution is 6.21. The van der Waals surface area contributed by atoms with E-state index in [1.54, 1.807) is 12.1 Å². The van der Waals surface area contributed by atoms with E-state index in [0.717, 1.165) is 17.0 Å². The molecule has 9 heteroatoms. The summed E-state index contributed by atoms with van der Waals surface area (Å²) in [6, 6.07) is 10.2. The van der Waals surface area contributed by atoms with Crippen LogP contribution in [0.15, 0.2) is 48.5 Å². The molecular weight excluding hydrogens is 401 g/mol. The Bertz CT molecular complexity index is 940. The normalized spacial score (nSPS) is 14.6. The molecule has 3 rings (SSSR count). The van der Waals surface area contributed by atoms with E-state index in [4.69, 9.17) is 4.74 Å². The zero-order valence-corrected chi connectivity index (χ0v) is 16.0. The average molecular weight is 420 g/mol. The highest BCUT2D eigenvalue weighted by Crippen LogP contribution is 2.31. The van der Waals surface area contributed by atoms with Crippen molar-refractivity contribution in [1.82, 2.24) is 10.2 Å². The van der Waals surface area contributed by atoms with E-state index < -0.39 is 35.5 Å². The number of fused-ring (bicyclic) bond motifs is 1. The number of rotatable bonds is 7. The first-order valence-corrected chi connectivity index (χ1v) is 9.13. The second-order valence-electron chi connectivity index (χ2n) is 6.76. The largest absolute Gasteiger partial charge is 0.416 e. The van der Waals surface area contributed by atoms with E-state index in [2.05, 4.69) is 5.32 Å². The lowest BCUT2D eigenvalue weighted by atomic mass is 10.0. The van der Waals surface area contributed by atoms with E-state index in [0.29, 0.717) is 0 Å². The van der Waals surface area contributed by atoms with Crippen LogP contribution < -0.4 is 5.32 Å². The SMILES string of the molecule is COCC(NC(=O)CCN1C(=O)c2ccccc2C1=O)c1cccc(C(F)(F)F)c1. The minimum absolute atomic E-state index is 0.0416. The summed E-state index contributed by atoms with van der Waals surface area (Å²) in [6.45, 7) is -0.180. The van der Waals surface area contributed by atoms with E-state index in [9.17, 15) is 27.6 Å². The van der Waals surface area contributed by atoms with Gasteiger partial charge in [0.15, 0.2) is 0 Å². The molecule has 1 aliphatic heterocycles. The van der Waals surface area contributed by atoms with Gasteiger partial charge in [-0.2, -0.15) is 13.2 Å². The summed E-state index contributed by atoms with van der Waals surface area (Å²) in [4.78, 5) is 38.1. The van der Waals surface area contributed by atoms with Gasteiger partial charge in [0.2, 0.25) is 5.91 Å². The second-order valence-corrected chi connectivity index (χ2v) is 6.76. The van der Waals surface area contributed by atoms with Crippen LogP contribution in [-0.4, -0.2) is 42.9 Å². The molecule has 0 saturated heterocycles. The number of carbonyl (C=O) groups excluding carboxylic acids is 3. The first-order valence-electron chi connectivity index (χ1n) is 9.13. The van der Waals surface area contributed by atoms with Crippen LogP contribution in [0.1, 0.15) is 44.3 Å². The number of ether oxygens (including phenoxy) is 1. The zero-order valence-electron chi connectivity index (χ0n) is 16.0. The highest BCUT2D eigenvalue weighted by atomic mass is 19.4. The Hall–Kier alpha value is -3.20. The maximum absolute atomic E-state index is 13.0. The van der Waals surface area contributed by atoms with E-state index in [1.165, 1.54) is 31.4 Å². The van der Waals surface area contributed by atoms with Crippen LogP contribution in [0, 0.1) is 0 Å². The average Bonchev–Trinajstić information content (AvgIpc) is 2.96. The number of amides is 3. The van der Waals surface area contributed by atoms with Gasteiger partial charge in [0, 0.05) is 20.1 Å². The molecule has 0 aromatic heterocycles. The van der Waals surface area contributed by atoms with Gasteiger partial charge in [0.1, 0.15) is 0 Å². The summed E-state index contributed by atoms with van der Waals surface area (Å²) in [5.41, 5.74) is -0.0320. The molecule has 6 nitrogen and oxygen atoms in total. The summed E-state index contributed by atoms with van der Waals surface area (Å²) < 4.78 is 43.9. The lowest BCUT2D eigenvalue weighted by Crippen LogP contribution is -2.36. The second kappa shape index (κ2) is 8.66. The van der Waals surface area contributed by atoms with Crippen LogP contribution in [0.25, 0.3) is 0 Å². The van der Waals surface area contributed by atoms with Crippen molar-refractivity contribution in [3.8, 4) is 0 Å². The molecule has 0 fully saturated rings. The van der Waals surface area contributed by atoms with Gasteiger partial charge in [-0.05, 0) is 29.8 Å². The Balaban J connectivity index is 1.66. The lowest BCUT2D eigenvalue weighted by molar-refractivity contribution is -0.137. The molecule has 0 aliphatic carbocycles. The molecule has 0 bridgehead atoms. The van der Waals surface area contributed by atoms with Crippen LogP contribution in [0.2, 0.25) is 0 Å². The molecule has 30 heavy (non-hydrogen) atoms. The highest BCUT2D eigenvalue weighted by Gasteiger charge is 2.35. The Morgan fingerprint density at radius 1 is 1.07 bits per heavy atom. The number of hydrogen-bond acceptors (Lipinski definition) is 4. The van der Waals surface area contributed by atoms with Crippen molar-refractivity contribution in [2.75, 3.05) is 20.3 Å². The number of nitrogens with zero attached hydrogens (tertiary/aromatic N) is 1. The van der Waals surface area contributed by atoms with Gasteiger partial charge in [-0.25, -0.2) is 0 Å². The van der Waals surface area contributed by atoms with Crippen molar-refractivity contribution in [2.45, 2.75) is 18.6 Å². The van der Waals surface area contributed by atoms with Crippen molar-refractivity contribution in [2.24, 2.45) is 0 Å². The maximum Gasteiger partial charge on any atom is 0.416 e. The van der Waals surface area contributed by atoms with E-state index in [-0.39, 0.29) is 36.3 Å². The Morgan fingerprint density at radius 2 is 1.70 bits per heavy atom. The van der Waals surface area contributed by atoms with Gasteiger partial charge >= 0.3 is 6.18 Å². The molecule has 2 aromatic carbocycles. The Labute approximate surface area is 170 Å². The van der Waals surface area contributed by atoms with Gasteiger partial charge in [0.25, 0.3) is 11.8 Å². The number of hydrogen-bond donors (Lipinski definition) is 1. The monoisotopic (exact) mass is 420 g/mol. The summed E-state index contributed by atoms with van der Waals surface area (Å²) in [5.74, 6) is -1.48. The molecule has 1 atom stereocenters. The molecule has 158 valence electrons. The maximum atomic E-state index is 13.0. The van der Waals surface area contributed by atoms with E-state index in [1.807, 2.05) is 0 Å². The first-order chi connectivity index (χ1) is 14.2. The number of benzene rings is 2. The number of alkyl halides is 3. The standard InChI is InChI=1S/C21H19F3N2O4/c1-30-12-17(13-5-4-6-14(11-13)21(22,23)24)25-18(27)9-10-26-19(28)15-7-2-3-8-16(15)20(26)29/h2-8,11,17H,9-10,12H2,1H3,(H,25,27). The molecular formula is C21H19F3N2O4. The van der Waals surface area contributed by atoms with Crippen LogP contribution in [0.3, 0.4) is 0 Å². The van der Waals surface area contributed by atoms with Crippen molar-refractivity contribution in [3.63, 3.8) is 0 Å². The van der Waals surface area contributed by atoms with Gasteiger partial charge in [0.05, 0.1) is 29.3 Å². The fraction of sp³-hybridized carbons (Fsp3) is 0.286. The van der Waals surface area contributed by atoms with Gasteiger partial charge in [-0.3, -0.25) is 19.3 Å².